The van der Waals surface area contributed by atoms with Crippen LogP contribution in [0.15, 0.2) is 18.2 Å². The molecule has 1 aromatic carbocycles. The molecule has 0 spiro atoms. The zero-order valence-electron chi connectivity index (χ0n) is 13.3. The molecule has 1 aromatic heterocycles. The molecular weight excluding hydrogens is 298 g/mol. The number of rotatable bonds is 8. The first-order valence-electron chi connectivity index (χ1n) is 7.44. The Morgan fingerprint density at radius 3 is 2.73 bits per heavy atom. The Balaban J connectivity index is 2.23. The molecule has 0 saturated carbocycles. The van der Waals surface area contributed by atoms with Crippen LogP contribution < -0.4 is 20.7 Å². The van der Waals surface area contributed by atoms with E-state index in [0.29, 0.717) is 11.7 Å². The van der Waals surface area contributed by atoms with Crippen molar-refractivity contribution in [2.45, 2.75) is 33.1 Å². The third-order valence-corrected chi connectivity index (χ3v) is 4.49. The average molecular weight is 321 g/mol. The molecule has 120 valence electrons. The second-order valence-electron chi connectivity index (χ2n) is 5.00. The number of thiazole rings is 1. The number of nitrogen functional groups attached to an aromatic ring is 1. The molecule has 5 nitrogen and oxygen atoms in total. The molecule has 2 aromatic rings. The number of aromatic nitrogens is 1. The zero-order chi connectivity index (χ0) is 15.9. The van der Waals surface area contributed by atoms with Crippen LogP contribution in [-0.4, -0.2) is 18.7 Å². The van der Waals surface area contributed by atoms with Crippen LogP contribution in [0, 0.1) is 6.92 Å². The Kier molecular flexibility index (Phi) is 6.03. The van der Waals surface area contributed by atoms with Crippen LogP contribution in [0.1, 0.15) is 31.9 Å². The molecule has 0 radical (unpaired) electrons. The lowest BCUT2D eigenvalue weighted by Crippen LogP contribution is -2.05. The van der Waals surface area contributed by atoms with Crippen LogP contribution >= 0.6 is 11.3 Å². The van der Waals surface area contributed by atoms with Crippen molar-refractivity contribution < 1.29 is 9.47 Å². The first kappa shape index (κ1) is 16.6. The van der Waals surface area contributed by atoms with Gasteiger partial charge in [-0.1, -0.05) is 31.1 Å². The number of anilines is 1. The summed E-state index contributed by atoms with van der Waals surface area (Å²) in [6, 6.07) is 5.95. The lowest BCUT2D eigenvalue weighted by Gasteiger charge is -2.12. The van der Waals surface area contributed by atoms with Crippen LogP contribution in [-0.2, 0) is 0 Å². The summed E-state index contributed by atoms with van der Waals surface area (Å²) in [5, 5.41) is 0.703. The van der Waals surface area contributed by atoms with E-state index < -0.39 is 0 Å². The Hall–Kier alpha value is -1.79. The highest BCUT2D eigenvalue weighted by Gasteiger charge is 2.12. The van der Waals surface area contributed by atoms with Gasteiger partial charge in [-0.05, 0) is 37.1 Å². The minimum Gasteiger partial charge on any atom is -0.493 e. The standard InChI is InChI=1S/C16H23N3O2S/c1-4-5-6-9-21-14-10-12(7-8-13(14)20-3)15-11(2)18-16(19-17)22-15/h7-8,10H,4-6,9,17H2,1-3H3,(H,18,19). The summed E-state index contributed by atoms with van der Waals surface area (Å²) >= 11 is 1.52. The number of hydrazine groups is 1. The largest absolute Gasteiger partial charge is 0.493 e. The Morgan fingerprint density at radius 2 is 2.09 bits per heavy atom. The maximum absolute atomic E-state index is 5.88. The predicted octanol–water partition coefficient (Wildman–Crippen LogP) is 3.98. The van der Waals surface area contributed by atoms with Gasteiger partial charge < -0.3 is 9.47 Å². The van der Waals surface area contributed by atoms with Crippen molar-refractivity contribution >= 4 is 16.5 Å². The highest BCUT2D eigenvalue weighted by Crippen LogP contribution is 2.37. The van der Waals surface area contributed by atoms with E-state index in [-0.39, 0.29) is 0 Å². The highest BCUT2D eigenvalue weighted by molar-refractivity contribution is 7.19. The molecule has 3 N–H and O–H groups in total. The van der Waals surface area contributed by atoms with E-state index >= 15 is 0 Å². The lowest BCUT2D eigenvalue weighted by molar-refractivity contribution is 0.286. The van der Waals surface area contributed by atoms with Gasteiger partial charge in [-0.3, -0.25) is 5.43 Å². The van der Waals surface area contributed by atoms with E-state index in [9.17, 15) is 0 Å². The van der Waals surface area contributed by atoms with Crippen LogP contribution in [0.3, 0.4) is 0 Å². The molecule has 0 saturated heterocycles. The third-order valence-electron chi connectivity index (χ3n) is 3.35. The SMILES string of the molecule is CCCCCOc1cc(-c2sc(NN)nc2C)ccc1OC. The second-order valence-corrected chi connectivity index (χ2v) is 6.00. The van der Waals surface area contributed by atoms with Crippen LogP contribution in [0.2, 0.25) is 0 Å². The quantitative estimate of drug-likeness (QED) is 0.437. The van der Waals surface area contributed by atoms with Gasteiger partial charge in [0.15, 0.2) is 16.6 Å². The van der Waals surface area contributed by atoms with Gasteiger partial charge in [0.25, 0.3) is 0 Å². The Bertz CT molecular complexity index is 613. The fourth-order valence-electron chi connectivity index (χ4n) is 2.19. The van der Waals surface area contributed by atoms with E-state index in [1.807, 2.05) is 25.1 Å². The molecule has 0 atom stereocenters. The topological polar surface area (TPSA) is 69.4 Å². The number of benzene rings is 1. The molecule has 0 fully saturated rings. The van der Waals surface area contributed by atoms with E-state index in [4.69, 9.17) is 15.3 Å². The zero-order valence-corrected chi connectivity index (χ0v) is 14.1. The maximum atomic E-state index is 5.88. The summed E-state index contributed by atoms with van der Waals surface area (Å²) in [4.78, 5) is 5.45. The summed E-state index contributed by atoms with van der Waals surface area (Å²) in [5.41, 5.74) is 4.60. The molecule has 22 heavy (non-hydrogen) atoms. The Labute approximate surface area is 135 Å². The highest BCUT2D eigenvalue weighted by atomic mass is 32.1. The summed E-state index contributed by atoms with van der Waals surface area (Å²) in [6.07, 6.45) is 3.39. The molecular formula is C16H23N3O2S. The van der Waals surface area contributed by atoms with Gasteiger partial charge >= 0.3 is 0 Å². The van der Waals surface area contributed by atoms with E-state index in [1.54, 1.807) is 7.11 Å². The van der Waals surface area contributed by atoms with Gasteiger partial charge in [-0.15, -0.1) is 0 Å². The Morgan fingerprint density at radius 1 is 1.27 bits per heavy atom. The molecule has 2 rings (SSSR count). The second kappa shape index (κ2) is 8.00. The molecule has 0 bridgehead atoms. The molecule has 0 amide bonds. The van der Waals surface area contributed by atoms with E-state index in [0.717, 1.165) is 34.1 Å². The van der Waals surface area contributed by atoms with Crippen LogP contribution in [0.5, 0.6) is 11.5 Å². The number of nitrogens with one attached hydrogen (secondary N) is 1. The van der Waals surface area contributed by atoms with Crippen molar-refractivity contribution in [3.05, 3.63) is 23.9 Å². The lowest BCUT2D eigenvalue weighted by atomic mass is 10.1. The number of hydrogen-bond donors (Lipinski definition) is 2. The van der Waals surface area contributed by atoms with Crippen LogP contribution in [0.4, 0.5) is 5.13 Å². The van der Waals surface area contributed by atoms with Crippen molar-refractivity contribution in [1.29, 1.82) is 0 Å². The number of nitrogens with zero attached hydrogens (tertiary/aromatic N) is 1. The monoisotopic (exact) mass is 321 g/mol. The fraction of sp³-hybridized carbons (Fsp3) is 0.438. The molecule has 0 aliphatic carbocycles. The van der Waals surface area contributed by atoms with E-state index in [1.165, 1.54) is 24.2 Å². The van der Waals surface area contributed by atoms with Crippen molar-refractivity contribution in [2.24, 2.45) is 5.84 Å². The summed E-state index contributed by atoms with van der Waals surface area (Å²) in [5.74, 6) is 6.95. The first-order chi connectivity index (χ1) is 10.7. The van der Waals surface area contributed by atoms with Crippen molar-refractivity contribution in [1.82, 2.24) is 4.98 Å². The van der Waals surface area contributed by atoms with Crippen molar-refractivity contribution in [3.8, 4) is 21.9 Å². The van der Waals surface area contributed by atoms with Crippen molar-refractivity contribution in [2.75, 3.05) is 19.1 Å². The minimum atomic E-state index is 0.699. The normalized spacial score (nSPS) is 10.5. The third kappa shape index (κ3) is 3.90. The van der Waals surface area contributed by atoms with E-state index in [2.05, 4.69) is 17.3 Å². The number of nitrogens with two attached hydrogens (primary N) is 1. The average Bonchev–Trinajstić information content (AvgIpc) is 2.92. The van der Waals surface area contributed by atoms with Gasteiger partial charge in [-0.25, -0.2) is 10.8 Å². The molecule has 0 aliphatic heterocycles. The molecule has 0 unspecified atom stereocenters. The molecule has 0 aliphatic rings. The summed E-state index contributed by atoms with van der Waals surface area (Å²) in [6.45, 7) is 4.85. The molecule has 1 heterocycles. The maximum Gasteiger partial charge on any atom is 0.197 e. The fourth-order valence-corrected chi connectivity index (χ4v) is 3.06. The number of methoxy groups -OCH3 is 1. The van der Waals surface area contributed by atoms with Gasteiger partial charge in [0, 0.05) is 0 Å². The minimum absolute atomic E-state index is 0.699. The number of aryl methyl sites for hydroxylation is 1. The summed E-state index contributed by atoms with van der Waals surface area (Å²) in [7, 11) is 1.66. The summed E-state index contributed by atoms with van der Waals surface area (Å²) < 4.78 is 11.3. The number of hydrogen-bond acceptors (Lipinski definition) is 6. The van der Waals surface area contributed by atoms with Crippen LogP contribution in [0.25, 0.3) is 10.4 Å². The predicted molar refractivity (Wildman–Crippen MR) is 91.7 cm³/mol. The van der Waals surface area contributed by atoms with Gasteiger partial charge in [-0.2, -0.15) is 0 Å². The van der Waals surface area contributed by atoms with Crippen molar-refractivity contribution in [3.63, 3.8) is 0 Å². The smallest absolute Gasteiger partial charge is 0.197 e. The number of ether oxygens (including phenoxy) is 2. The van der Waals surface area contributed by atoms with Gasteiger partial charge in [0.05, 0.1) is 24.3 Å². The molecule has 6 heteroatoms. The van der Waals surface area contributed by atoms with Gasteiger partial charge in [0.1, 0.15) is 0 Å². The van der Waals surface area contributed by atoms with Gasteiger partial charge in [0.2, 0.25) is 0 Å². The number of unbranched alkanes of at least 4 members (excludes halogenated alkanes) is 2. The first-order valence-corrected chi connectivity index (χ1v) is 8.26.